The van der Waals surface area contributed by atoms with Crippen LogP contribution in [0, 0.1) is 0 Å². The van der Waals surface area contributed by atoms with Crippen LogP contribution in [0.1, 0.15) is 20.8 Å². The van der Waals surface area contributed by atoms with Gasteiger partial charge in [-0.3, -0.25) is 9.36 Å². The quantitative estimate of drug-likeness (QED) is 0.168. The Labute approximate surface area is 330 Å². The Morgan fingerprint density at radius 3 is 1.79 bits per heavy atom. The van der Waals surface area contributed by atoms with E-state index in [-0.39, 0.29) is 0 Å². The van der Waals surface area contributed by atoms with Crippen molar-refractivity contribution < 1.29 is 9.53 Å². The minimum Gasteiger partial charge on any atom is -0.443 e. The van der Waals surface area contributed by atoms with Crippen molar-refractivity contribution in [3.63, 3.8) is 0 Å². The third-order valence-corrected chi connectivity index (χ3v) is 8.86. The molecule has 16 heteroatoms. The van der Waals surface area contributed by atoms with Crippen molar-refractivity contribution >= 4 is 51.8 Å². The Morgan fingerprint density at radius 1 is 0.667 bits per heavy atom. The first-order valence-corrected chi connectivity index (χ1v) is 18.2. The molecule has 0 fully saturated rings. The van der Waals surface area contributed by atoms with Gasteiger partial charge in [0.25, 0.3) is 0 Å². The van der Waals surface area contributed by atoms with Crippen LogP contribution in [0.5, 0.6) is 0 Å². The maximum atomic E-state index is 13.4. The van der Waals surface area contributed by atoms with Crippen LogP contribution in [0.2, 0.25) is 0 Å². The molecular formula is C41H46N14O2. The van der Waals surface area contributed by atoms with Crippen molar-refractivity contribution in [1.82, 2.24) is 48.8 Å². The zero-order valence-corrected chi connectivity index (χ0v) is 33.5. The van der Waals surface area contributed by atoms with E-state index in [9.17, 15) is 4.79 Å². The van der Waals surface area contributed by atoms with Gasteiger partial charge in [-0.25, -0.2) is 19.7 Å². The zero-order valence-electron chi connectivity index (χ0n) is 33.5. The molecule has 0 unspecified atom stereocenters. The van der Waals surface area contributed by atoms with Crippen molar-refractivity contribution in [1.29, 1.82) is 0 Å². The highest BCUT2D eigenvalue weighted by atomic mass is 16.6. The summed E-state index contributed by atoms with van der Waals surface area (Å²) in [6.45, 7) is 5.53. The molecule has 16 nitrogen and oxygen atoms in total. The SMILES string of the molecule is CN(C)c1cccc(N(C(=O)OC(C)(C)C)c2ccnc3c(-c4cnn(C)c4)cnn23)c1.CN(C)c1cccc(Nc2ccnc3c(-c4cnn(C)c4)cnn23)c1. The lowest BCUT2D eigenvalue weighted by Crippen LogP contribution is -2.35. The molecule has 8 rings (SSSR count). The van der Waals surface area contributed by atoms with Gasteiger partial charge in [-0.15, -0.1) is 0 Å². The van der Waals surface area contributed by atoms with Gasteiger partial charge in [0.2, 0.25) is 0 Å². The van der Waals surface area contributed by atoms with E-state index >= 15 is 0 Å². The highest BCUT2D eigenvalue weighted by Gasteiger charge is 2.28. The molecule has 0 saturated carbocycles. The number of aromatic nitrogens is 10. The number of aryl methyl sites for hydroxylation is 2. The van der Waals surface area contributed by atoms with Crippen molar-refractivity contribution in [2.45, 2.75) is 26.4 Å². The number of ether oxygens (including phenoxy) is 1. The number of anilines is 6. The Kier molecular flexibility index (Phi) is 10.3. The zero-order chi connectivity index (χ0) is 40.4. The van der Waals surface area contributed by atoms with Crippen LogP contribution >= 0.6 is 0 Å². The van der Waals surface area contributed by atoms with E-state index in [1.165, 1.54) is 4.90 Å². The second-order valence-corrected chi connectivity index (χ2v) is 14.8. The van der Waals surface area contributed by atoms with Crippen LogP contribution in [0.25, 0.3) is 33.5 Å². The van der Waals surface area contributed by atoms with Gasteiger partial charge in [0, 0.05) is 112 Å². The lowest BCUT2D eigenvalue weighted by molar-refractivity contribution is 0.0597. The summed E-state index contributed by atoms with van der Waals surface area (Å²) in [5, 5.41) is 20.9. The van der Waals surface area contributed by atoms with E-state index in [4.69, 9.17) is 4.74 Å². The molecule has 2 aromatic carbocycles. The second kappa shape index (κ2) is 15.5. The summed E-state index contributed by atoms with van der Waals surface area (Å²) in [7, 11) is 11.7. The monoisotopic (exact) mass is 766 g/mol. The number of carbonyl (C=O) groups excluding carboxylic acids is 1. The van der Waals surface area contributed by atoms with Gasteiger partial charge in [-0.2, -0.15) is 29.4 Å². The predicted octanol–water partition coefficient (Wildman–Crippen LogP) is 7.21. The van der Waals surface area contributed by atoms with Gasteiger partial charge in [0.05, 0.1) is 30.5 Å². The molecular weight excluding hydrogens is 721 g/mol. The van der Waals surface area contributed by atoms with E-state index in [0.717, 1.165) is 50.8 Å². The number of nitrogens with zero attached hydrogens (tertiary/aromatic N) is 13. The molecule has 0 aliphatic rings. The molecule has 0 saturated heterocycles. The number of nitrogens with one attached hydrogen (secondary N) is 1. The highest BCUT2D eigenvalue weighted by molar-refractivity contribution is 5.96. The first-order valence-electron chi connectivity index (χ1n) is 18.2. The largest absolute Gasteiger partial charge is 0.443 e. The van der Waals surface area contributed by atoms with Crippen molar-refractivity contribution in [2.24, 2.45) is 14.1 Å². The summed E-state index contributed by atoms with van der Waals surface area (Å²) in [4.78, 5) is 28.0. The van der Waals surface area contributed by atoms with Crippen LogP contribution < -0.4 is 20.0 Å². The average Bonchev–Trinajstić information content (AvgIpc) is 3.99. The summed E-state index contributed by atoms with van der Waals surface area (Å²) in [6.07, 6.45) is 13.9. The molecule has 1 N–H and O–H groups in total. The van der Waals surface area contributed by atoms with E-state index in [2.05, 4.69) is 52.7 Å². The third-order valence-electron chi connectivity index (χ3n) is 8.86. The van der Waals surface area contributed by atoms with E-state index < -0.39 is 11.7 Å². The van der Waals surface area contributed by atoms with Gasteiger partial charge in [0.15, 0.2) is 11.3 Å². The second-order valence-electron chi connectivity index (χ2n) is 14.8. The maximum Gasteiger partial charge on any atom is 0.420 e. The molecule has 0 spiro atoms. The fourth-order valence-electron chi connectivity index (χ4n) is 6.12. The maximum absolute atomic E-state index is 13.4. The van der Waals surface area contributed by atoms with Gasteiger partial charge in [0.1, 0.15) is 17.2 Å². The van der Waals surface area contributed by atoms with Crippen LogP contribution in [0.3, 0.4) is 0 Å². The summed E-state index contributed by atoms with van der Waals surface area (Å²) in [5.41, 5.74) is 8.17. The number of rotatable bonds is 8. The minimum absolute atomic E-state index is 0.501. The van der Waals surface area contributed by atoms with Crippen molar-refractivity contribution in [3.8, 4) is 22.3 Å². The van der Waals surface area contributed by atoms with Crippen molar-refractivity contribution in [2.75, 3.05) is 48.2 Å². The number of amides is 1. The number of hydrogen-bond acceptors (Lipinski definition) is 11. The van der Waals surface area contributed by atoms with E-state index in [1.54, 1.807) is 44.7 Å². The number of fused-ring (bicyclic) bond motifs is 2. The average molecular weight is 767 g/mol. The molecule has 0 aliphatic carbocycles. The van der Waals surface area contributed by atoms with E-state index in [0.29, 0.717) is 17.2 Å². The van der Waals surface area contributed by atoms with Crippen LogP contribution in [0.4, 0.5) is 39.2 Å². The van der Waals surface area contributed by atoms with Crippen LogP contribution in [0.15, 0.2) is 110 Å². The number of hydrogen-bond donors (Lipinski definition) is 1. The molecule has 1 amide bonds. The molecule has 0 aliphatic heterocycles. The minimum atomic E-state index is -0.661. The molecule has 0 bridgehead atoms. The lowest BCUT2D eigenvalue weighted by atomic mass is 10.2. The molecule has 0 radical (unpaired) electrons. The number of carbonyl (C=O) groups is 1. The van der Waals surface area contributed by atoms with Gasteiger partial charge < -0.3 is 19.9 Å². The summed E-state index contributed by atoms with van der Waals surface area (Å²) >= 11 is 0. The first kappa shape index (κ1) is 38.1. The molecule has 6 heterocycles. The topological polar surface area (TPSA) is 144 Å². The normalized spacial score (nSPS) is 11.3. The molecule has 0 atom stereocenters. The predicted molar refractivity (Wildman–Crippen MR) is 224 cm³/mol. The first-order chi connectivity index (χ1) is 27.3. The van der Waals surface area contributed by atoms with Crippen LogP contribution in [-0.4, -0.2) is 88.6 Å². The smallest absolute Gasteiger partial charge is 0.420 e. The Balaban J connectivity index is 0.000000179. The molecule has 57 heavy (non-hydrogen) atoms. The third kappa shape index (κ3) is 8.24. The van der Waals surface area contributed by atoms with Gasteiger partial charge >= 0.3 is 6.09 Å². The fraction of sp³-hybridized carbons (Fsp3) is 0.244. The van der Waals surface area contributed by atoms with Crippen LogP contribution in [-0.2, 0) is 18.8 Å². The Bertz CT molecular complexity index is 2660. The summed E-state index contributed by atoms with van der Waals surface area (Å²) < 4.78 is 12.7. The van der Waals surface area contributed by atoms with Gasteiger partial charge in [-0.05, 0) is 63.2 Å². The standard InChI is InChI=1S/C23H27N7O2.C18H19N7/c1-23(2,3)32-22(31)29(18-9-7-8-17(12-18)27(4)5)20-10-11-24-21-19(14-26-30(20)21)16-13-25-28(6)15-16;1-23(2)15-6-4-5-14(9-15)22-17-7-8-19-18-16(11-21-25(17)18)13-10-20-24(3)12-13/h7-15H,1-6H3;4-12,22H,1-3H3. The Hall–Kier alpha value is -7.23. The molecule has 8 aromatic rings. The Morgan fingerprint density at radius 2 is 1.21 bits per heavy atom. The lowest BCUT2D eigenvalue weighted by Gasteiger charge is -2.28. The van der Waals surface area contributed by atoms with Gasteiger partial charge in [-0.1, -0.05) is 12.1 Å². The highest BCUT2D eigenvalue weighted by Crippen LogP contribution is 2.33. The summed E-state index contributed by atoms with van der Waals surface area (Å²) in [5.74, 6) is 1.38. The van der Waals surface area contributed by atoms with E-state index in [1.807, 2.05) is 140 Å². The van der Waals surface area contributed by atoms with Crippen molar-refractivity contribution in [3.05, 3.63) is 110 Å². The fourth-order valence-corrected chi connectivity index (χ4v) is 6.12. The summed E-state index contributed by atoms with van der Waals surface area (Å²) in [6, 6.07) is 19.6. The molecule has 6 aromatic heterocycles. The molecule has 292 valence electrons. The number of benzene rings is 2.